The van der Waals surface area contributed by atoms with E-state index in [9.17, 15) is 9.59 Å². The molecule has 0 saturated carbocycles. The molecule has 0 aliphatic carbocycles. The van der Waals surface area contributed by atoms with Crippen molar-refractivity contribution in [1.82, 2.24) is 14.9 Å². The van der Waals surface area contributed by atoms with Gasteiger partial charge in [-0.2, -0.15) is 0 Å². The third-order valence-electron chi connectivity index (χ3n) is 5.39. The smallest absolute Gasteiger partial charge is 0.256 e. The fraction of sp³-hybridized carbons (Fsp3) is 0.250. The predicted molar refractivity (Wildman–Crippen MR) is 127 cm³/mol. The van der Waals surface area contributed by atoms with Crippen LogP contribution < -0.4 is 10.2 Å². The summed E-state index contributed by atoms with van der Waals surface area (Å²) in [4.78, 5) is 38.8. The number of piperazine rings is 1. The van der Waals surface area contributed by atoms with Crippen molar-refractivity contribution in [1.29, 1.82) is 0 Å². The average Bonchev–Trinajstić information content (AvgIpc) is 2.85. The standard InChI is InChI=1S/C24H25N5O2S/c1-32-21-6-3-2-5-20(21)23(31)27-19-9-7-18(8-10-19)17-22(30)28-13-15-29(16-14-28)24-25-11-4-12-26-24/h2-12H,13-17H2,1H3,(H,27,31). The Morgan fingerprint density at radius 2 is 1.62 bits per heavy atom. The number of carbonyl (C=O) groups excluding carboxylic acids is 2. The minimum absolute atomic E-state index is 0.101. The van der Waals surface area contributed by atoms with Crippen LogP contribution >= 0.6 is 11.8 Å². The lowest BCUT2D eigenvalue weighted by molar-refractivity contribution is -0.130. The Hall–Kier alpha value is -3.39. The molecule has 0 spiro atoms. The van der Waals surface area contributed by atoms with Crippen LogP contribution in [0.15, 0.2) is 71.9 Å². The number of benzene rings is 2. The van der Waals surface area contributed by atoms with Crippen molar-refractivity contribution in [2.24, 2.45) is 0 Å². The Bertz CT molecular complexity index is 1070. The van der Waals surface area contributed by atoms with Crippen LogP contribution in [0.3, 0.4) is 0 Å². The first-order valence-corrected chi connectivity index (χ1v) is 11.7. The van der Waals surface area contributed by atoms with Gasteiger partial charge in [-0.25, -0.2) is 9.97 Å². The molecule has 2 aromatic carbocycles. The van der Waals surface area contributed by atoms with E-state index in [1.807, 2.05) is 59.7 Å². The summed E-state index contributed by atoms with van der Waals surface area (Å²) >= 11 is 1.54. The first-order chi connectivity index (χ1) is 15.6. The lowest BCUT2D eigenvalue weighted by Gasteiger charge is -2.34. The molecule has 0 atom stereocenters. The number of thioether (sulfide) groups is 1. The van der Waals surface area contributed by atoms with E-state index in [-0.39, 0.29) is 11.8 Å². The molecule has 1 aliphatic rings. The summed E-state index contributed by atoms with van der Waals surface area (Å²) in [7, 11) is 0. The van der Waals surface area contributed by atoms with Gasteiger partial charge in [0.15, 0.2) is 0 Å². The summed E-state index contributed by atoms with van der Waals surface area (Å²) in [5.41, 5.74) is 2.28. The van der Waals surface area contributed by atoms with E-state index >= 15 is 0 Å². The summed E-state index contributed by atoms with van der Waals surface area (Å²) in [6.07, 6.45) is 5.75. The second kappa shape index (κ2) is 10.3. The molecule has 1 aliphatic heterocycles. The van der Waals surface area contributed by atoms with Gasteiger partial charge in [-0.3, -0.25) is 9.59 Å². The third kappa shape index (κ3) is 5.26. The Morgan fingerprint density at radius 3 is 2.31 bits per heavy atom. The molecule has 1 saturated heterocycles. The number of aromatic nitrogens is 2. The maximum atomic E-state index is 12.7. The number of hydrogen-bond acceptors (Lipinski definition) is 6. The van der Waals surface area contributed by atoms with Crippen LogP contribution in [-0.4, -0.2) is 59.1 Å². The van der Waals surface area contributed by atoms with E-state index in [1.165, 1.54) is 0 Å². The van der Waals surface area contributed by atoms with Crippen molar-refractivity contribution in [2.45, 2.75) is 11.3 Å². The van der Waals surface area contributed by atoms with Crippen LogP contribution in [0.25, 0.3) is 0 Å². The molecule has 32 heavy (non-hydrogen) atoms. The van der Waals surface area contributed by atoms with Crippen molar-refractivity contribution in [3.8, 4) is 0 Å². The summed E-state index contributed by atoms with van der Waals surface area (Å²) in [5.74, 6) is 0.667. The Morgan fingerprint density at radius 1 is 0.938 bits per heavy atom. The molecule has 164 valence electrons. The first-order valence-electron chi connectivity index (χ1n) is 10.5. The molecule has 4 rings (SSSR count). The zero-order valence-corrected chi connectivity index (χ0v) is 18.7. The van der Waals surface area contributed by atoms with Gasteiger partial charge in [0.25, 0.3) is 5.91 Å². The Labute approximate surface area is 191 Å². The number of nitrogens with zero attached hydrogens (tertiary/aromatic N) is 4. The molecule has 7 nitrogen and oxygen atoms in total. The highest BCUT2D eigenvalue weighted by atomic mass is 32.2. The van der Waals surface area contributed by atoms with Crippen molar-refractivity contribution in [3.63, 3.8) is 0 Å². The van der Waals surface area contributed by atoms with Gasteiger partial charge in [0.05, 0.1) is 12.0 Å². The second-order valence-corrected chi connectivity index (χ2v) is 8.29. The molecule has 0 radical (unpaired) electrons. The third-order valence-corrected chi connectivity index (χ3v) is 6.18. The summed E-state index contributed by atoms with van der Waals surface area (Å²) < 4.78 is 0. The highest BCUT2D eigenvalue weighted by molar-refractivity contribution is 7.98. The fourth-order valence-corrected chi connectivity index (χ4v) is 4.23. The van der Waals surface area contributed by atoms with Gasteiger partial charge in [-0.15, -0.1) is 11.8 Å². The molecule has 2 heterocycles. The van der Waals surface area contributed by atoms with E-state index in [0.717, 1.165) is 23.5 Å². The van der Waals surface area contributed by atoms with Crippen LogP contribution in [-0.2, 0) is 11.2 Å². The molecule has 8 heteroatoms. The van der Waals surface area contributed by atoms with E-state index < -0.39 is 0 Å². The average molecular weight is 448 g/mol. The van der Waals surface area contributed by atoms with Crippen LogP contribution in [0.4, 0.5) is 11.6 Å². The number of amides is 2. The van der Waals surface area contributed by atoms with Crippen molar-refractivity contribution in [3.05, 3.63) is 78.1 Å². The minimum atomic E-state index is -0.140. The first kappa shape index (κ1) is 21.8. The van der Waals surface area contributed by atoms with Crippen molar-refractivity contribution < 1.29 is 9.59 Å². The number of nitrogens with one attached hydrogen (secondary N) is 1. The lowest BCUT2D eigenvalue weighted by Crippen LogP contribution is -2.49. The van der Waals surface area contributed by atoms with Gasteiger partial charge >= 0.3 is 0 Å². The lowest BCUT2D eigenvalue weighted by atomic mass is 10.1. The highest BCUT2D eigenvalue weighted by Gasteiger charge is 2.22. The zero-order chi connectivity index (χ0) is 22.3. The van der Waals surface area contributed by atoms with E-state index in [1.54, 1.807) is 30.2 Å². The van der Waals surface area contributed by atoms with Crippen molar-refractivity contribution in [2.75, 3.05) is 42.7 Å². The number of anilines is 2. The molecular weight excluding hydrogens is 422 g/mol. The summed E-state index contributed by atoms with van der Waals surface area (Å²) in [5, 5.41) is 2.93. The molecule has 3 aromatic rings. The van der Waals surface area contributed by atoms with Crippen LogP contribution in [0.5, 0.6) is 0 Å². The largest absolute Gasteiger partial charge is 0.339 e. The van der Waals surface area contributed by atoms with E-state index in [2.05, 4.69) is 20.2 Å². The molecule has 1 aromatic heterocycles. The predicted octanol–water partition coefficient (Wildman–Crippen LogP) is 3.34. The maximum Gasteiger partial charge on any atom is 0.256 e. The van der Waals surface area contributed by atoms with Crippen LogP contribution in [0, 0.1) is 0 Å². The Balaban J connectivity index is 1.30. The monoisotopic (exact) mass is 447 g/mol. The normalized spacial score (nSPS) is 13.7. The van der Waals surface area contributed by atoms with E-state index in [0.29, 0.717) is 36.7 Å². The summed E-state index contributed by atoms with van der Waals surface area (Å²) in [6, 6.07) is 16.8. The molecule has 1 N–H and O–H groups in total. The summed E-state index contributed by atoms with van der Waals surface area (Å²) in [6.45, 7) is 2.75. The quantitative estimate of drug-likeness (QED) is 0.584. The molecule has 1 fully saturated rings. The van der Waals surface area contributed by atoms with Gasteiger partial charge in [-0.1, -0.05) is 24.3 Å². The molecular formula is C24H25N5O2S. The number of carbonyl (C=O) groups is 2. The van der Waals surface area contributed by atoms with Gasteiger partial charge in [0.2, 0.25) is 11.9 Å². The van der Waals surface area contributed by atoms with Gasteiger partial charge in [-0.05, 0) is 42.2 Å². The fourth-order valence-electron chi connectivity index (χ4n) is 3.63. The number of rotatable bonds is 6. The van der Waals surface area contributed by atoms with Gasteiger partial charge in [0.1, 0.15) is 0 Å². The van der Waals surface area contributed by atoms with Crippen molar-refractivity contribution >= 4 is 35.2 Å². The highest BCUT2D eigenvalue weighted by Crippen LogP contribution is 2.21. The van der Waals surface area contributed by atoms with Crippen LogP contribution in [0.1, 0.15) is 15.9 Å². The van der Waals surface area contributed by atoms with Crippen LogP contribution in [0.2, 0.25) is 0 Å². The van der Waals surface area contributed by atoms with E-state index in [4.69, 9.17) is 0 Å². The van der Waals surface area contributed by atoms with Gasteiger partial charge in [0, 0.05) is 49.2 Å². The SMILES string of the molecule is CSc1ccccc1C(=O)Nc1ccc(CC(=O)N2CCN(c3ncccn3)CC2)cc1. The maximum absolute atomic E-state index is 12.7. The zero-order valence-electron chi connectivity index (χ0n) is 17.9. The molecule has 0 bridgehead atoms. The minimum Gasteiger partial charge on any atom is -0.339 e. The topological polar surface area (TPSA) is 78.4 Å². The molecule has 2 amide bonds. The van der Waals surface area contributed by atoms with Gasteiger partial charge < -0.3 is 15.1 Å². The second-order valence-electron chi connectivity index (χ2n) is 7.44. The Kier molecular flexibility index (Phi) is 7.01. The molecule has 0 unspecified atom stereocenters. The number of hydrogen-bond donors (Lipinski definition) is 1.